The molecule has 0 saturated heterocycles. The number of hydrogen-bond acceptors (Lipinski definition) is 1. The number of hydrogen-bond donors (Lipinski definition) is 0. The van der Waals surface area contributed by atoms with Crippen molar-refractivity contribution in [2.45, 2.75) is 0 Å². The van der Waals surface area contributed by atoms with Gasteiger partial charge in [-0.2, -0.15) is 0 Å². The lowest BCUT2D eigenvalue weighted by Crippen LogP contribution is -1.82. The molecule has 6 rings (SSSR count). The molecule has 1 heterocycles. The first-order chi connectivity index (χ1) is 13.8. The Hall–Kier alpha value is -3.10. The first-order valence-electron chi connectivity index (χ1n) is 9.30. The molecule has 1 nitrogen and oxygen atoms in total. The summed E-state index contributed by atoms with van der Waals surface area (Å²) in [5.74, 6) is 0. The quantitative estimate of drug-likeness (QED) is 0.259. The first kappa shape index (κ1) is 15.9. The van der Waals surface area contributed by atoms with Crippen LogP contribution in [0, 0.1) is 0 Å². The van der Waals surface area contributed by atoms with Crippen LogP contribution in [0.15, 0.2) is 99.9 Å². The van der Waals surface area contributed by atoms with E-state index in [0.29, 0.717) is 0 Å². The highest BCUT2D eigenvalue weighted by Gasteiger charge is 2.12. The standard InChI is InChI=1S/C26H15BrO/c27-20-11-18-7-3-4-8-21(18)22(15-20)19-9-10-25-23(13-19)24-12-16-5-1-2-6-17(16)14-26(24)28-25/h1-15H. The Kier molecular flexibility index (Phi) is 3.38. The molecular formula is C26H15BrO. The van der Waals surface area contributed by atoms with E-state index >= 15 is 0 Å². The monoisotopic (exact) mass is 422 g/mol. The largest absolute Gasteiger partial charge is 0.456 e. The molecule has 5 aromatic carbocycles. The fraction of sp³-hybridized carbons (Fsp3) is 0. The van der Waals surface area contributed by atoms with Crippen LogP contribution in [0.4, 0.5) is 0 Å². The Bertz CT molecular complexity index is 1520. The van der Waals surface area contributed by atoms with Crippen LogP contribution in [0.5, 0.6) is 0 Å². The molecule has 6 aromatic rings. The lowest BCUT2D eigenvalue weighted by atomic mass is 9.97. The van der Waals surface area contributed by atoms with Crippen molar-refractivity contribution in [3.05, 3.63) is 95.5 Å². The molecule has 0 amide bonds. The molecule has 0 radical (unpaired) electrons. The van der Waals surface area contributed by atoms with E-state index in [2.05, 4.69) is 107 Å². The van der Waals surface area contributed by atoms with Crippen LogP contribution < -0.4 is 0 Å². The second kappa shape index (κ2) is 5.95. The SMILES string of the molecule is Brc1cc(-c2ccc3oc4cc5ccccc5cc4c3c2)c2ccccc2c1. The van der Waals surface area contributed by atoms with Crippen molar-refractivity contribution in [3.8, 4) is 11.1 Å². The molecule has 1 aromatic heterocycles. The van der Waals surface area contributed by atoms with Crippen molar-refractivity contribution < 1.29 is 4.42 Å². The number of rotatable bonds is 1. The van der Waals surface area contributed by atoms with Gasteiger partial charge < -0.3 is 4.42 Å². The normalized spacial score (nSPS) is 11.8. The lowest BCUT2D eigenvalue weighted by Gasteiger charge is -2.08. The first-order valence-corrected chi connectivity index (χ1v) is 10.1. The van der Waals surface area contributed by atoms with Gasteiger partial charge in [0.15, 0.2) is 0 Å². The van der Waals surface area contributed by atoms with Crippen LogP contribution in [-0.4, -0.2) is 0 Å². The summed E-state index contributed by atoms with van der Waals surface area (Å²) >= 11 is 3.67. The molecule has 0 bridgehead atoms. The third-order valence-electron chi connectivity index (χ3n) is 5.48. The summed E-state index contributed by atoms with van der Waals surface area (Å²) in [6.07, 6.45) is 0. The molecule has 0 spiro atoms. The van der Waals surface area contributed by atoms with Crippen molar-refractivity contribution in [3.63, 3.8) is 0 Å². The Morgan fingerprint density at radius 2 is 1.25 bits per heavy atom. The van der Waals surface area contributed by atoms with Crippen LogP contribution in [0.2, 0.25) is 0 Å². The molecule has 0 saturated carbocycles. The van der Waals surface area contributed by atoms with Gasteiger partial charge >= 0.3 is 0 Å². The van der Waals surface area contributed by atoms with Gasteiger partial charge in [0.25, 0.3) is 0 Å². The summed E-state index contributed by atoms with van der Waals surface area (Å²) in [6.45, 7) is 0. The molecule has 132 valence electrons. The van der Waals surface area contributed by atoms with Gasteiger partial charge in [0.1, 0.15) is 11.2 Å². The van der Waals surface area contributed by atoms with E-state index in [1.54, 1.807) is 0 Å². The highest BCUT2D eigenvalue weighted by atomic mass is 79.9. The highest BCUT2D eigenvalue weighted by molar-refractivity contribution is 9.10. The van der Waals surface area contributed by atoms with Gasteiger partial charge in [-0.15, -0.1) is 0 Å². The second-order valence-corrected chi connectivity index (χ2v) is 8.10. The topological polar surface area (TPSA) is 13.1 Å². The summed E-state index contributed by atoms with van der Waals surface area (Å²) in [7, 11) is 0. The van der Waals surface area contributed by atoms with E-state index in [1.807, 2.05) is 0 Å². The van der Waals surface area contributed by atoms with Crippen molar-refractivity contribution in [1.29, 1.82) is 0 Å². The predicted molar refractivity (Wildman–Crippen MR) is 122 cm³/mol. The molecule has 0 N–H and O–H groups in total. The summed E-state index contributed by atoms with van der Waals surface area (Å²) in [5.41, 5.74) is 4.28. The van der Waals surface area contributed by atoms with Gasteiger partial charge in [-0.05, 0) is 69.1 Å². The van der Waals surface area contributed by atoms with E-state index < -0.39 is 0 Å². The van der Waals surface area contributed by atoms with E-state index in [-0.39, 0.29) is 0 Å². The Morgan fingerprint density at radius 3 is 2.11 bits per heavy atom. The van der Waals surface area contributed by atoms with Crippen molar-refractivity contribution in [1.82, 2.24) is 0 Å². The van der Waals surface area contributed by atoms with Crippen molar-refractivity contribution in [2.24, 2.45) is 0 Å². The van der Waals surface area contributed by atoms with Gasteiger partial charge in [-0.1, -0.05) is 70.5 Å². The van der Waals surface area contributed by atoms with Gasteiger partial charge in [0, 0.05) is 15.2 Å². The molecule has 0 aliphatic carbocycles. The molecular weight excluding hydrogens is 408 g/mol. The Morgan fingerprint density at radius 1 is 0.536 bits per heavy atom. The minimum absolute atomic E-state index is 0.924. The average molecular weight is 423 g/mol. The number of furan rings is 1. The zero-order valence-electron chi connectivity index (χ0n) is 14.9. The fourth-order valence-electron chi connectivity index (χ4n) is 4.14. The maximum Gasteiger partial charge on any atom is 0.136 e. The molecule has 0 aliphatic rings. The zero-order chi connectivity index (χ0) is 18.7. The maximum atomic E-state index is 6.15. The van der Waals surface area contributed by atoms with Crippen molar-refractivity contribution in [2.75, 3.05) is 0 Å². The molecule has 0 unspecified atom stereocenters. The van der Waals surface area contributed by atoms with Crippen LogP contribution in [0.25, 0.3) is 54.6 Å². The van der Waals surface area contributed by atoms with Crippen LogP contribution in [0.3, 0.4) is 0 Å². The third-order valence-corrected chi connectivity index (χ3v) is 5.93. The smallest absolute Gasteiger partial charge is 0.136 e. The van der Waals surface area contributed by atoms with Gasteiger partial charge in [0.05, 0.1) is 0 Å². The molecule has 2 heteroatoms. The number of halogens is 1. The average Bonchev–Trinajstić information content (AvgIpc) is 3.08. The zero-order valence-corrected chi connectivity index (χ0v) is 16.5. The van der Waals surface area contributed by atoms with Crippen LogP contribution in [-0.2, 0) is 0 Å². The Labute approximate surface area is 170 Å². The van der Waals surface area contributed by atoms with E-state index in [0.717, 1.165) is 26.4 Å². The number of benzene rings is 5. The summed E-state index contributed by atoms with van der Waals surface area (Å²) in [5, 5.41) is 7.23. The lowest BCUT2D eigenvalue weighted by molar-refractivity contribution is 0.669. The highest BCUT2D eigenvalue weighted by Crippen LogP contribution is 2.37. The predicted octanol–water partition coefficient (Wildman–Crippen LogP) is 8.32. The molecule has 0 fully saturated rings. The number of fused-ring (bicyclic) bond motifs is 5. The summed E-state index contributed by atoms with van der Waals surface area (Å²) < 4.78 is 7.24. The van der Waals surface area contributed by atoms with Gasteiger partial charge in [0.2, 0.25) is 0 Å². The fourth-order valence-corrected chi connectivity index (χ4v) is 4.62. The minimum atomic E-state index is 0.924. The maximum absolute atomic E-state index is 6.15. The van der Waals surface area contributed by atoms with Crippen molar-refractivity contribution >= 4 is 59.4 Å². The Balaban J connectivity index is 1.67. The van der Waals surface area contributed by atoms with E-state index in [1.165, 1.54) is 32.7 Å². The molecule has 28 heavy (non-hydrogen) atoms. The van der Waals surface area contributed by atoms with E-state index in [4.69, 9.17) is 4.42 Å². The molecule has 0 aliphatic heterocycles. The van der Waals surface area contributed by atoms with Gasteiger partial charge in [-0.25, -0.2) is 0 Å². The van der Waals surface area contributed by atoms with E-state index in [9.17, 15) is 0 Å². The third kappa shape index (κ3) is 2.38. The minimum Gasteiger partial charge on any atom is -0.456 e. The van der Waals surface area contributed by atoms with Crippen LogP contribution >= 0.6 is 15.9 Å². The second-order valence-electron chi connectivity index (χ2n) is 7.18. The van der Waals surface area contributed by atoms with Gasteiger partial charge in [-0.3, -0.25) is 0 Å². The summed E-state index contributed by atoms with van der Waals surface area (Å²) in [4.78, 5) is 0. The summed E-state index contributed by atoms with van der Waals surface area (Å²) in [6, 6.07) is 32.2. The van der Waals surface area contributed by atoms with Crippen LogP contribution in [0.1, 0.15) is 0 Å². The molecule has 0 atom stereocenters.